The molecule has 0 bridgehead atoms. The van der Waals surface area contributed by atoms with Gasteiger partial charge >= 0.3 is 0 Å². The van der Waals surface area contributed by atoms with Crippen LogP contribution in [0, 0.1) is 29.6 Å². The second kappa shape index (κ2) is 16.8. The molecule has 45 heavy (non-hydrogen) atoms. The van der Waals surface area contributed by atoms with Crippen LogP contribution < -0.4 is 5.73 Å². The minimum atomic E-state index is 0.383. The van der Waals surface area contributed by atoms with E-state index in [0.717, 1.165) is 67.3 Å². The molecule has 242 valence electrons. The third-order valence-electron chi connectivity index (χ3n) is 9.83. The van der Waals surface area contributed by atoms with Gasteiger partial charge in [0.05, 0.1) is 17.6 Å². The van der Waals surface area contributed by atoms with Gasteiger partial charge in [-0.25, -0.2) is 4.68 Å². The molecule has 6 heteroatoms. The minimum Gasteiger partial charge on any atom is -0.330 e. The standard InChI is InChI=1S/C39H56N6/c1-8-34-21-29(3)13-12-28(2)20-33(23-32(6)31(5)15-14-30(4)22-36(34)24-40)17-19-44(7)26-37-27-45(43-42-37)39-11-9-10-35-25-41-18-16-38(35)39/h9-11,14-16,18,22,25,27-28,32-34,36H,3,5,8,12-13,17,19-21,23-24,26,40H2,1-2,4,6-7H3/b15-14+,30-22+/t28-,32+,33+,34-,36+/m0/s1. The van der Waals surface area contributed by atoms with Crippen molar-refractivity contribution in [2.24, 2.45) is 35.3 Å². The lowest BCUT2D eigenvalue weighted by Gasteiger charge is -2.28. The normalized spacial score (nSPS) is 26.2. The Morgan fingerprint density at radius 2 is 1.93 bits per heavy atom. The van der Waals surface area contributed by atoms with Crippen molar-refractivity contribution in [3.05, 3.63) is 96.7 Å². The lowest BCUT2D eigenvalue weighted by molar-refractivity contribution is 0.249. The molecule has 4 rings (SSSR count). The van der Waals surface area contributed by atoms with Crippen molar-refractivity contribution in [3.63, 3.8) is 0 Å². The molecule has 1 aliphatic carbocycles. The zero-order valence-electron chi connectivity index (χ0n) is 28.5. The molecule has 2 heterocycles. The number of rotatable bonds is 8. The molecule has 0 unspecified atom stereocenters. The van der Waals surface area contributed by atoms with E-state index in [2.05, 4.69) is 105 Å². The Morgan fingerprint density at radius 3 is 2.71 bits per heavy atom. The fourth-order valence-corrected chi connectivity index (χ4v) is 6.94. The summed E-state index contributed by atoms with van der Waals surface area (Å²) in [5.41, 5.74) is 12.1. The van der Waals surface area contributed by atoms with Crippen molar-refractivity contribution in [1.82, 2.24) is 24.9 Å². The van der Waals surface area contributed by atoms with Gasteiger partial charge in [0.25, 0.3) is 0 Å². The Morgan fingerprint density at radius 1 is 1.11 bits per heavy atom. The molecule has 0 radical (unpaired) electrons. The summed E-state index contributed by atoms with van der Waals surface area (Å²) >= 11 is 0. The summed E-state index contributed by atoms with van der Waals surface area (Å²) in [4.78, 5) is 6.65. The predicted octanol–water partition coefficient (Wildman–Crippen LogP) is 8.71. The molecule has 0 fully saturated rings. The van der Waals surface area contributed by atoms with Crippen LogP contribution in [0.25, 0.3) is 16.5 Å². The Balaban J connectivity index is 1.41. The van der Waals surface area contributed by atoms with E-state index in [1.165, 1.54) is 29.6 Å². The van der Waals surface area contributed by atoms with Crippen LogP contribution in [0.1, 0.15) is 78.3 Å². The molecule has 1 aromatic carbocycles. The zero-order chi connectivity index (χ0) is 32.3. The van der Waals surface area contributed by atoms with Gasteiger partial charge in [-0.2, -0.15) is 0 Å². The molecule has 0 amide bonds. The Bertz CT molecular complexity index is 1460. The van der Waals surface area contributed by atoms with Gasteiger partial charge in [-0.15, -0.1) is 5.10 Å². The topological polar surface area (TPSA) is 72.9 Å². The highest BCUT2D eigenvalue weighted by Gasteiger charge is 2.21. The van der Waals surface area contributed by atoms with E-state index < -0.39 is 0 Å². The summed E-state index contributed by atoms with van der Waals surface area (Å²) in [6.07, 6.45) is 20.7. The second-order valence-electron chi connectivity index (χ2n) is 13.8. The minimum absolute atomic E-state index is 0.383. The van der Waals surface area contributed by atoms with Gasteiger partial charge in [-0.3, -0.25) is 4.98 Å². The summed E-state index contributed by atoms with van der Waals surface area (Å²) in [6.45, 7) is 20.7. The first-order valence-electron chi connectivity index (χ1n) is 17.0. The lowest BCUT2D eigenvalue weighted by Crippen LogP contribution is -2.23. The molecule has 6 nitrogen and oxygen atoms in total. The number of allylic oxidation sites excluding steroid dienone is 5. The molecule has 3 aromatic rings. The van der Waals surface area contributed by atoms with Gasteiger partial charge in [-0.1, -0.05) is 92.6 Å². The summed E-state index contributed by atoms with van der Waals surface area (Å²) < 4.78 is 1.89. The van der Waals surface area contributed by atoms with Crippen molar-refractivity contribution < 1.29 is 0 Å². The Hall–Kier alpha value is -3.35. The first-order valence-corrected chi connectivity index (χ1v) is 17.0. The van der Waals surface area contributed by atoms with E-state index in [1.807, 2.05) is 29.2 Å². The SMILES string of the molecule is C=C1CC[C@H](C)C[C@@H](CCN(C)Cc2cn(-c3cccc4cnccc34)nn2)C[C@@H](C)C(=C)/C=C/C(C)=C/[C@H](CN)[C@@H](CC)C1. The fourth-order valence-electron chi connectivity index (χ4n) is 6.94. The van der Waals surface area contributed by atoms with Gasteiger partial charge in [-0.05, 0) is 107 Å². The van der Waals surface area contributed by atoms with Gasteiger partial charge in [0.2, 0.25) is 0 Å². The van der Waals surface area contributed by atoms with E-state index in [-0.39, 0.29) is 0 Å². The average molecular weight is 609 g/mol. The molecule has 0 saturated heterocycles. The van der Waals surface area contributed by atoms with Crippen LogP contribution in [0.5, 0.6) is 0 Å². The summed E-state index contributed by atoms with van der Waals surface area (Å²) in [5.74, 6) is 2.65. The molecule has 0 saturated carbocycles. The van der Waals surface area contributed by atoms with Crippen molar-refractivity contribution >= 4 is 10.8 Å². The number of aromatic nitrogens is 4. The van der Waals surface area contributed by atoms with E-state index >= 15 is 0 Å². The van der Waals surface area contributed by atoms with E-state index in [4.69, 9.17) is 5.73 Å². The van der Waals surface area contributed by atoms with Crippen molar-refractivity contribution in [2.75, 3.05) is 20.1 Å². The average Bonchev–Trinajstić information content (AvgIpc) is 3.50. The first-order chi connectivity index (χ1) is 21.7. The number of hydrogen-bond donors (Lipinski definition) is 1. The quantitative estimate of drug-likeness (QED) is 0.259. The van der Waals surface area contributed by atoms with Crippen LogP contribution in [-0.2, 0) is 6.54 Å². The maximum atomic E-state index is 6.25. The Labute approximate surface area is 272 Å². The van der Waals surface area contributed by atoms with Crippen molar-refractivity contribution in [2.45, 2.75) is 79.2 Å². The molecule has 2 aromatic heterocycles. The third-order valence-corrected chi connectivity index (χ3v) is 9.83. The number of benzene rings is 1. The Kier molecular flexibility index (Phi) is 12.9. The molecule has 2 N–H and O–H groups in total. The number of nitrogens with two attached hydrogens (primary N) is 1. The third kappa shape index (κ3) is 10.1. The monoisotopic (exact) mass is 608 g/mol. The van der Waals surface area contributed by atoms with Crippen LogP contribution in [-0.4, -0.2) is 45.0 Å². The van der Waals surface area contributed by atoms with Crippen LogP contribution in [0.2, 0.25) is 0 Å². The van der Waals surface area contributed by atoms with Gasteiger partial charge in [0, 0.05) is 29.7 Å². The first kappa shape index (κ1) is 34.5. The molecule has 0 aliphatic heterocycles. The van der Waals surface area contributed by atoms with E-state index in [9.17, 15) is 0 Å². The zero-order valence-corrected chi connectivity index (χ0v) is 28.5. The largest absolute Gasteiger partial charge is 0.330 e. The molecular weight excluding hydrogens is 552 g/mol. The highest BCUT2D eigenvalue weighted by molar-refractivity contribution is 5.89. The smallest absolute Gasteiger partial charge is 0.0971 e. The van der Waals surface area contributed by atoms with Crippen LogP contribution in [0.15, 0.2) is 91.0 Å². The van der Waals surface area contributed by atoms with E-state index in [1.54, 1.807) is 0 Å². The van der Waals surface area contributed by atoms with Gasteiger partial charge in [0.1, 0.15) is 0 Å². The number of pyridine rings is 1. The van der Waals surface area contributed by atoms with Crippen molar-refractivity contribution in [3.8, 4) is 5.69 Å². The second-order valence-corrected chi connectivity index (χ2v) is 13.8. The summed E-state index contributed by atoms with van der Waals surface area (Å²) in [6, 6.07) is 8.23. The summed E-state index contributed by atoms with van der Waals surface area (Å²) in [7, 11) is 2.20. The summed E-state index contributed by atoms with van der Waals surface area (Å²) in [5, 5.41) is 11.2. The predicted molar refractivity (Wildman–Crippen MR) is 190 cm³/mol. The van der Waals surface area contributed by atoms with Crippen LogP contribution in [0.4, 0.5) is 0 Å². The molecular formula is C39H56N6. The van der Waals surface area contributed by atoms with Crippen molar-refractivity contribution in [1.29, 1.82) is 0 Å². The molecule has 0 spiro atoms. The van der Waals surface area contributed by atoms with Gasteiger partial charge < -0.3 is 10.6 Å². The maximum Gasteiger partial charge on any atom is 0.0971 e. The number of fused-ring (bicyclic) bond motifs is 1. The van der Waals surface area contributed by atoms with Crippen LogP contribution >= 0.6 is 0 Å². The lowest BCUT2D eigenvalue weighted by atomic mass is 9.80. The van der Waals surface area contributed by atoms with Crippen LogP contribution in [0.3, 0.4) is 0 Å². The molecule has 1 aliphatic rings. The maximum absolute atomic E-state index is 6.25. The fraction of sp³-hybridized carbons (Fsp3) is 0.513. The number of hydrogen-bond acceptors (Lipinski definition) is 5. The highest BCUT2D eigenvalue weighted by Crippen LogP contribution is 2.32. The highest BCUT2D eigenvalue weighted by atomic mass is 15.4. The van der Waals surface area contributed by atoms with E-state index in [0.29, 0.717) is 36.1 Å². The number of nitrogens with zero attached hydrogens (tertiary/aromatic N) is 5. The molecule has 5 atom stereocenters. The van der Waals surface area contributed by atoms with Gasteiger partial charge in [0.15, 0.2) is 0 Å².